The van der Waals surface area contributed by atoms with Gasteiger partial charge in [-0.3, -0.25) is 9.59 Å². The van der Waals surface area contributed by atoms with Crippen molar-refractivity contribution in [3.63, 3.8) is 0 Å². The smallest absolute Gasteiger partial charge is 0.321 e. The lowest BCUT2D eigenvalue weighted by molar-refractivity contribution is -0.128. The normalized spacial score (nSPS) is 15.8. The fraction of sp³-hybridized carbons (Fsp3) is 0.559. The highest BCUT2D eigenvalue weighted by molar-refractivity contribution is 7.89. The molecule has 1 fully saturated rings. The third-order valence-corrected chi connectivity index (χ3v) is 9.74. The summed E-state index contributed by atoms with van der Waals surface area (Å²) in [6.07, 6.45) is -1.06. The van der Waals surface area contributed by atoms with Gasteiger partial charge in [-0.25, -0.2) is 13.2 Å². The van der Waals surface area contributed by atoms with E-state index in [2.05, 4.69) is 10.6 Å². The number of aliphatic hydroxyl groups is 1. The Hall–Kier alpha value is -3.68. The van der Waals surface area contributed by atoms with Gasteiger partial charge in [0.1, 0.15) is 18.3 Å². The van der Waals surface area contributed by atoms with Gasteiger partial charge >= 0.3 is 6.03 Å². The van der Waals surface area contributed by atoms with Crippen molar-refractivity contribution in [3.05, 3.63) is 60.2 Å². The number of carbonyl (C=O) groups excluding carboxylic acids is 3. The molecule has 1 saturated heterocycles. The topological polar surface area (TPSA) is 149 Å². The maximum atomic E-state index is 14.0. The van der Waals surface area contributed by atoms with E-state index in [0.29, 0.717) is 12.3 Å². The SMILES string of the molecule is COc1ccc(S(=O)(=O)N(CC(C)C)C[C@H](O)[C@H](Cc2ccccc2)NC(=O)[C@H](C(C)C)N2CCN(CC(=O)NC(C)C)C2=O)cc1. The Morgan fingerprint density at radius 3 is 2.13 bits per heavy atom. The molecule has 13 heteroatoms. The van der Waals surface area contributed by atoms with E-state index >= 15 is 0 Å². The van der Waals surface area contributed by atoms with Crippen LogP contribution in [0, 0.1) is 11.8 Å². The molecule has 260 valence electrons. The average Bonchev–Trinajstić information content (AvgIpc) is 3.34. The Kier molecular flexibility index (Phi) is 13.6. The first-order chi connectivity index (χ1) is 22.1. The highest BCUT2D eigenvalue weighted by Gasteiger charge is 2.41. The van der Waals surface area contributed by atoms with E-state index in [1.54, 1.807) is 12.1 Å². The fourth-order valence-corrected chi connectivity index (χ4v) is 7.30. The predicted molar refractivity (Wildman–Crippen MR) is 180 cm³/mol. The third kappa shape index (κ3) is 10.4. The number of benzene rings is 2. The fourth-order valence-electron chi connectivity index (χ4n) is 5.68. The molecule has 1 aliphatic heterocycles. The Labute approximate surface area is 279 Å². The lowest BCUT2D eigenvalue weighted by atomic mass is 9.97. The average molecular weight is 674 g/mol. The number of sulfonamides is 1. The lowest BCUT2D eigenvalue weighted by Crippen LogP contribution is -2.57. The van der Waals surface area contributed by atoms with Crippen LogP contribution in [0.4, 0.5) is 4.79 Å². The summed E-state index contributed by atoms with van der Waals surface area (Å²) < 4.78 is 34.0. The zero-order valence-electron chi connectivity index (χ0n) is 28.5. The number of carbonyl (C=O) groups is 3. The minimum atomic E-state index is -4.01. The van der Waals surface area contributed by atoms with E-state index < -0.39 is 40.1 Å². The summed E-state index contributed by atoms with van der Waals surface area (Å²) in [6.45, 7) is 11.5. The first-order valence-electron chi connectivity index (χ1n) is 16.2. The monoisotopic (exact) mass is 673 g/mol. The second-order valence-corrected chi connectivity index (χ2v) is 15.0. The van der Waals surface area contributed by atoms with Crippen molar-refractivity contribution in [2.24, 2.45) is 11.8 Å². The number of nitrogens with one attached hydrogen (secondary N) is 2. The minimum Gasteiger partial charge on any atom is -0.497 e. The molecular weight excluding hydrogens is 622 g/mol. The van der Waals surface area contributed by atoms with Crippen LogP contribution < -0.4 is 15.4 Å². The molecule has 0 aliphatic carbocycles. The van der Waals surface area contributed by atoms with Gasteiger partial charge in [-0.05, 0) is 61.9 Å². The Balaban J connectivity index is 1.86. The van der Waals surface area contributed by atoms with Crippen LogP contribution in [-0.4, -0.2) is 110 Å². The molecule has 12 nitrogen and oxygen atoms in total. The molecule has 2 aromatic carbocycles. The van der Waals surface area contributed by atoms with Crippen LogP contribution in [0.2, 0.25) is 0 Å². The summed E-state index contributed by atoms with van der Waals surface area (Å²) in [6, 6.07) is 13.1. The zero-order chi connectivity index (χ0) is 34.9. The molecule has 4 amide bonds. The van der Waals surface area contributed by atoms with E-state index in [-0.39, 0.29) is 61.3 Å². The van der Waals surface area contributed by atoms with Crippen molar-refractivity contribution >= 4 is 27.9 Å². The van der Waals surface area contributed by atoms with Gasteiger partial charge in [-0.2, -0.15) is 4.31 Å². The summed E-state index contributed by atoms with van der Waals surface area (Å²) in [5, 5.41) is 17.4. The molecule has 0 aromatic heterocycles. The van der Waals surface area contributed by atoms with Gasteiger partial charge in [0.05, 0.1) is 24.2 Å². The lowest BCUT2D eigenvalue weighted by Gasteiger charge is -2.34. The molecule has 0 saturated carbocycles. The molecule has 0 unspecified atom stereocenters. The summed E-state index contributed by atoms with van der Waals surface area (Å²) in [5.74, 6) is -0.555. The molecule has 3 N–H and O–H groups in total. The van der Waals surface area contributed by atoms with Crippen LogP contribution in [0.15, 0.2) is 59.5 Å². The third-order valence-electron chi connectivity index (χ3n) is 7.89. The Morgan fingerprint density at radius 2 is 1.57 bits per heavy atom. The number of aliphatic hydroxyl groups excluding tert-OH is 1. The van der Waals surface area contributed by atoms with Gasteiger partial charge in [0.25, 0.3) is 0 Å². The largest absolute Gasteiger partial charge is 0.497 e. The number of amides is 4. The zero-order valence-corrected chi connectivity index (χ0v) is 29.4. The van der Waals surface area contributed by atoms with Gasteiger partial charge < -0.3 is 30.3 Å². The van der Waals surface area contributed by atoms with Gasteiger partial charge in [-0.15, -0.1) is 0 Å². The highest BCUT2D eigenvalue weighted by atomic mass is 32.2. The first kappa shape index (κ1) is 37.8. The summed E-state index contributed by atoms with van der Waals surface area (Å²) in [5.41, 5.74) is 0.839. The van der Waals surface area contributed by atoms with E-state index in [0.717, 1.165) is 5.56 Å². The minimum absolute atomic E-state index is 0.0468. The number of methoxy groups -OCH3 is 1. The van der Waals surface area contributed by atoms with Gasteiger partial charge in [-0.1, -0.05) is 58.0 Å². The maximum absolute atomic E-state index is 14.0. The Morgan fingerprint density at radius 1 is 0.936 bits per heavy atom. The highest BCUT2D eigenvalue weighted by Crippen LogP contribution is 2.23. The summed E-state index contributed by atoms with van der Waals surface area (Å²) in [4.78, 5) is 42.7. The molecule has 47 heavy (non-hydrogen) atoms. The number of urea groups is 1. The van der Waals surface area contributed by atoms with Crippen LogP contribution in [0.1, 0.15) is 47.1 Å². The predicted octanol–water partition coefficient (Wildman–Crippen LogP) is 2.72. The summed E-state index contributed by atoms with van der Waals surface area (Å²) in [7, 11) is -2.51. The van der Waals surface area contributed by atoms with Crippen molar-refractivity contribution < 1.29 is 32.6 Å². The number of rotatable bonds is 17. The van der Waals surface area contributed by atoms with Crippen LogP contribution in [0.5, 0.6) is 5.75 Å². The molecular formula is C34H51N5O7S. The second-order valence-electron chi connectivity index (χ2n) is 13.1. The number of hydrogen-bond acceptors (Lipinski definition) is 7. The molecule has 3 atom stereocenters. The molecule has 3 rings (SSSR count). The van der Waals surface area contributed by atoms with E-state index in [4.69, 9.17) is 4.74 Å². The van der Waals surface area contributed by atoms with E-state index in [1.807, 2.05) is 71.9 Å². The number of ether oxygens (including phenoxy) is 1. The van der Waals surface area contributed by atoms with Gasteiger partial charge in [0, 0.05) is 32.2 Å². The van der Waals surface area contributed by atoms with E-state index in [1.165, 1.54) is 33.3 Å². The molecule has 2 aromatic rings. The van der Waals surface area contributed by atoms with Crippen LogP contribution >= 0.6 is 0 Å². The molecule has 0 bridgehead atoms. The van der Waals surface area contributed by atoms with Crippen LogP contribution in [-0.2, 0) is 26.0 Å². The second kappa shape index (κ2) is 16.9. The molecule has 0 spiro atoms. The standard InChI is InChI=1S/C34H51N5O7S/c1-23(2)20-38(47(44,45)28-15-13-27(46-7)14-16-28)21-30(40)29(19-26-11-9-8-10-12-26)36-33(42)32(24(3)4)39-18-17-37(34(39)43)22-31(41)35-25(5)6/h8-16,23-25,29-30,32,40H,17-22H2,1-7H3,(H,35,41)(H,36,42)/t29-,30-,32-/m0/s1. The van der Waals surface area contributed by atoms with Crippen molar-refractivity contribution in [3.8, 4) is 5.75 Å². The Bertz CT molecular complexity index is 1430. The number of nitrogens with zero attached hydrogens (tertiary/aromatic N) is 3. The first-order valence-corrected chi connectivity index (χ1v) is 17.6. The van der Waals surface area contributed by atoms with Crippen LogP contribution in [0.3, 0.4) is 0 Å². The number of hydrogen-bond donors (Lipinski definition) is 3. The molecule has 1 aliphatic rings. The quantitative estimate of drug-likeness (QED) is 0.234. The van der Waals surface area contributed by atoms with Crippen molar-refractivity contribution in [2.45, 2.75) is 77.1 Å². The van der Waals surface area contributed by atoms with Crippen molar-refractivity contribution in [2.75, 3.05) is 39.8 Å². The van der Waals surface area contributed by atoms with Crippen LogP contribution in [0.25, 0.3) is 0 Å². The molecule has 0 radical (unpaired) electrons. The van der Waals surface area contributed by atoms with Crippen molar-refractivity contribution in [1.82, 2.24) is 24.7 Å². The molecule has 1 heterocycles. The van der Waals surface area contributed by atoms with E-state index in [9.17, 15) is 27.9 Å². The van der Waals surface area contributed by atoms with Crippen molar-refractivity contribution in [1.29, 1.82) is 0 Å². The summed E-state index contributed by atoms with van der Waals surface area (Å²) >= 11 is 0. The van der Waals surface area contributed by atoms with Gasteiger partial charge in [0.15, 0.2) is 0 Å². The van der Waals surface area contributed by atoms with Gasteiger partial charge in [0.2, 0.25) is 21.8 Å². The maximum Gasteiger partial charge on any atom is 0.321 e.